The van der Waals surface area contributed by atoms with Crippen LogP contribution in [0.3, 0.4) is 0 Å². The minimum atomic E-state index is 0. The van der Waals surface area contributed by atoms with Crippen LogP contribution in [0.25, 0.3) is 0 Å². The number of nitrogens with one attached hydrogen (secondary N) is 2. The number of aromatic nitrogens is 2. The normalized spacial score (nSPS) is 13.0. The second-order valence-electron chi connectivity index (χ2n) is 5.99. The summed E-state index contributed by atoms with van der Waals surface area (Å²) in [5.41, 5.74) is 3.88. The molecule has 1 aliphatic heterocycles. The number of hydrogen-bond acceptors (Lipinski definition) is 3. The molecule has 136 valence electrons. The molecule has 7 heteroatoms. The number of aryl methyl sites for hydroxylation is 1. The van der Waals surface area contributed by atoms with Crippen LogP contribution in [0.2, 0.25) is 0 Å². The van der Waals surface area contributed by atoms with Gasteiger partial charge in [0.25, 0.3) is 0 Å². The van der Waals surface area contributed by atoms with Gasteiger partial charge in [-0.25, -0.2) is 0 Å². The van der Waals surface area contributed by atoms with Gasteiger partial charge in [0.2, 0.25) is 0 Å². The van der Waals surface area contributed by atoms with E-state index in [0.717, 1.165) is 50.7 Å². The molecule has 0 radical (unpaired) electrons. The third-order valence-electron chi connectivity index (χ3n) is 4.15. The fourth-order valence-electron chi connectivity index (χ4n) is 2.87. The Bertz CT molecular complexity index is 713. The Labute approximate surface area is 166 Å². The van der Waals surface area contributed by atoms with Crippen molar-refractivity contribution in [2.75, 3.05) is 26.7 Å². The first-order valence-electron chi connectivity index (χ1n) is 8.41. The number of aliphatic imine (C=N–C) groups is 1. The van der Waals surface area contributed by atoms with Crippen LogP contribution in [0.15, 0.2) is 35.6 Å². The highest BCUT2D eigenvalue weighted by Gasteiger charge is 2.11. The van der Waals surface area contributed by atoms with Crippen molar-refractivity contribution >= 4 is 29.9 Å². The molecule has 25 heavy (non-hydrogen) atoms. The molecule has 0 atom stereocenters. The Morgan fingerprint density at radius 2 is 2.00 bits per heavy atom. The third-order valence-corrected chi connectivity index (χ3v) is 4.15. The van der Waals surface area contributed by atoms with E-state index in [4.69, 9.17) is 4.74 Å². The van der Waals surface area contributed by atoms with E-state index in [2.05, 4.69) is 38.9 Å². The molecule has 0 aliphatic carbocycles. The van der Waals surface area contributed by atoms with E-state index in [-0.39, 0.29) is 24.0 Å². The van der Waals surface area contributed by atoms with Crippen LogP contribution < -0.4 is 15.4 Å². The van der Waals surface area contributed by atoms with Crippen molar-refractivity contribution < 1.29 is 4.74 Å². The highest BCUT2D eigenvalue weighted by atomic mass is 127. The van der Waals surface area contributed by atoms with E-state index in [1.54, 1.807) is 7.05 Å². The van der Waals surface area contributed by atoms with Crippen LogP contribution in [-0.4, -0.2) is 42.5 Å². The molecule has 1 aliphatic rings. The number of hydrogen-bond donors (Lipinski definition) is 2. The highest BCUT2D eigenvalue weighted by Crippen LogP contribution is 2.25. The van der Waals surface area contributed by atoms with Crippen molar-refractivity contribution in [3.8, 4) is 5.75 Å². The maximum atomic E-state index is 5.55. The van der Waals surface area contributed by atoms with Crippen LogP contribution in [0.5, 0.6) is 5.75 Å². The third kappa shape index (κ3) is 5.62. The summed E-state index contributed by atoms with van der Waals surface area (Å²) in [6.45, 7) is 2.50. The molecule has 1 aromatic carbocycles. The van der Waals surface area contributed by atoms with Gasteiger partial charge in [-0.1, -0.05) is 12.1 Å². The summed E-state index contributed by atoms with van der Waals surface area (Å²) in [5.74, 6) is 1.88. The minimum Gasteiger partial charge on any atom is -0.493 e. The maximum absolute atomic E-state index is 5.55. The van der Waals surface area contributed by atoms with Gasteiger partial charge in [0, 0.05) is 39.8 Å². The van der Waals surface area contributed by atoms with E-state index in [1.165, 1.54) is 16.7 Å². The largest absolute Gasteiger partial charge is 0.493 e. The Balaban J connectivity index is 0.00000225. The lowest BCUT2D eigenvalue weighted by atomic mass is 10.1. The second kappa shape index (κ2) is 9.65. The molecule has 0 fully saturated rings. The summed E-state index contributed by atoms with van der Waals surface area (Å²) in [6, 6.07) is 6.48. The summed E-state index contributed by atoms with van der Waals surface area (Å²) in [6.07, 6.45) is 6.86. The molecular weight excluding hydrogens is 429 g/mol. The standard InChI is InChI=1S/C18H25N5O.HI/c1-19-18(21-9-6-15-12-22-23(2)13-15)20-8-5-14-3-4-17-16(11-14)7-10-24-17;/h3-4,11-13H,5-10H2,1-2H3,(H2,19,20,21);1H. The lowest BCUT2D eigenvalue weighted by Crippen LogP contribution is -2.39. The van der Waals surface area contributed by atoms with Crippen LogP contribution in [0, 0.1) is 0 Å². The molecule has 2 heterocycles. The predicted octanol–water partition coefficient (Wildman–Crippen LogP) is 1.92. The first-order chi connectivity index (χ1) is 11.7. The Hall–Kier alpha value is -1.77. The van der Waals surface area contributed by atoms with Gasteiger partial charge in [0.15, 0.2) is 5.96 Å². The Morgan fingerprint density at radius 1 is 1.24 bits per heavy atom. The summed E-state index contributed by atoms with van der Waals surface area (Å²) in [5, 5.41) is 10.9. The second-order valence-corrected chi connectivity index (χ2v) is 5.99. The summed E-state index contributed by atoms with van der Waals surface area (Å²) in [7, 11) is 3.73. The van der Waals surface area contributed by atoms with E-state index in [9.17, 15) is 0 Å². The molecule has 2 N–H and O–H groups in total. The quantitative estimate of drug-likeness (QED) is 0.397. The molecule has 0 saturated heterocycles. The highest BCUT2D eigenvalue weighted by molar-refractivity contribution is 14.0. The smallest absolute Gasteiger partial charge is 0.190 e. The molecule has 0 bridgehead atoms. The van der Waals surface area contributed by atoms with Gasteiger partial charge in [-0.3, -0.25) is 9.67 Å². The van der Waals surface area contributed by atoms with Crippen LogP contribution in [-0.2, 0) is 26.3 Å². The van der Waals surface area contributed by atoms with Crippen LogP contribution >= 0.6 is 24.0 Å². The molecule has 0 amide bonds. The van der Waals surface area contributed by atoms with E-state index in [0.29, 0.717) is 0 Å². The van der Waals surface area contributed by atoms with Crippen molar-refractivity contribution in [2.45, 2.75) is 19.3 Å². The van der Waals surface area contributed by atoms with Gasteiger partial charge in [-0.15, -0.1) is 24.0 Å². The van der Waals surface area contributed by atoms with Crippen molar-refractivity contribution in [3.63, 3.8) is 0 Å². The molecular formula is C18H26IN5O. The topological polar surface area (TPSA) is 63.5 Å². The van der Waals surface area contributed by atoms with Crippen molar-refractivity contribution in [1.29, 1.82) is 0 Å². The molecule has 1 aromatic heterocycles. The van der Waals surface area contributed by atoms with Gasteiger partial charge >= 0.3 is 0 Å². The number of benzene rings is 1. The first kappa shape index (κ1) is 19.6. The maximum Gasteiger partial charge on any atom is 0.190 e. The van der Waals surface area contributed by atoms with Crippen molar-refractivity contribution in [2.24, 2.45) is 12.0 Å². The monoisotopic (exact) mass is 455 g/mol. The molecule has 2 aromatic rings. The van der Waals surface area contributed by atoms with Gasteiger partial charge < -0.3 is 15.4 Å². The lowest BCUT2D eigenvalue weighted by molar-refractivity contribution is 0.357. The zero-order chi connectivity index (χ0) is 16.8. The van der Waals surface area contributed by atoms with Gasteiger partial charge in [-0.2, -0.15) is 5.10 Å². The van der Waals surface area contributed by atoms with Crippen molar-refractivity contribution in [3.05, 3.63) is 47.3 Å². The number of ether oxygens (including phenoxy) is 1. The fraction of sp³-hybridized carbons (Fsp3) is 0.444. The predicted molar refractivity (Wildman–Crippen MR) is 111 cm³/mol. The average Bonchev–Trinajstić information content (AvgIpc) is 3.21. The molecule has 0 saturated carbocycles. The summed E-state index contributed by atoms with van der Waals surface area (Å²) in [4.78, 5) is 4.27. The zero-order valence-electron chi connectivity index (χ0n) is 14.8. The lowest BCUT2D eigenvalue weighted by Gasteiger charge is -2.12. The van der Waals surface area contributed by atoms with Gasteiger partial charge in [0.05, 0.1) is 12.8 Å². The van der Waals surface area contributed by atoms with Crippen molar-refractivity contribution in [1.82, 2.24) is 20.4 Å². The number of fused-ring (bicyclic) bond motifs is 1. The number of rotatable bonds is 6. The number of guanidine groups is 1. The summed E-state index contributed by atoms with van der Waals surface area (Å²) < 4.78 is 7.37. The molecule has 6 nitrogen and oxygen atoms in total. The van der Waals surface area contributed by atoms with E-state index in [1.807, 2.05) is 24.1 Å². The Morgan fingerprint density at radius 3 is 2.68 bits per heavy atom. The minimum absolute atomic E-state index is 0. The van der Waals surface area contributed by atoms with Gasteiger partial charge in [-0.05, 0) is 35.6 Å². The van der Waals surface area contributed by atoms with E-state index < -0.39 is 0 Å². The fourth-order valence-corrected chi connectivity index (χ4v) is 2.87. The average molecular weight is 455 g/mol. The number of halogens is 1. The van der Waals surface area contributed by atoms with Crippen LogP contribution in [0.1, 0.15) is 16.7 Å². The summed E-state index contributed by atoms with van der Waals surface area (Å²) >= 11 is 0. The molecule has 3 rings (SSSR count). The number of nitrogens with zero attached hydrogens (tertiary/aromatic N) is 3. The van der Waals surface area contributed by atoms with Gasteiger partial charge in [0.1, 0.15) is 5.75 Å². The van der Waals surface area contributed by atoms with E-state index >= 15 is 0 Å². The molecule has 0 spiro atoms. The van der Waals surface area contributed by atoms with Crippen LogP contribution in [0.4, 0.5) is 0 Å². The molecule has 0 unspecified atom stereocenters. The SMILES string of the molecule is CN=C(NCCc1ccc2c(c1)CCO2)NCCc1cnn(C)c1.I. The first-order valence-corrected chi connectivity index (χ1v) is 8.41. The Kier molecular flexibility index (Phi) is 7.54. The zero-order valence-corrected chi connectivity index (χ0v) is 17.1.